The van der Waals surface area contributed by atoms with Crippen molar-refractivity contribution in [1.82, 2.24) is 5.32 Å². The number of unbranched alkanes of at least 4 members (excludes halogenated alkanes) is 3. The van der Waals surface area contributed by atoms with Crippen molar-refractivity contribution in [2.45, 2.75) is 44.9 Å². The van der Waals surface area contributed by atoms with Gasteiger partial charge in [0.1, 0.15) is 0 Å². The zero-order chi connectivity index (χ0) is 11.9. The Morgan fingerprint density at radius 2 is 2.25 bits per heavy atom. The number of nitrogens with one attached hydrogen (secondary N) is 1. The molecule has 0 aromatic carbocycles. The molecule has 0 spiro atoms. The van der Waals surface area contributed by atoms with Crippen LogP contribution >= 0.6 is 0 Å². The highest BCUT2D eigenvalue weighted by Crippen LogP contribution is 2.32. The molecular formula is C13H23NO2. The van der Waals surface area contributed by atoms with E-state index in [1.165, 1.54) is 0 Å². The Morgan fingerprint density at radius 1 is 1.44 bits per heavy atom. The second kappa shape index (κ2) is 6.69. The van der Waals surface area contributed by atoms with Crippen LogP contribution in [-0.2, 0) is 4.79 Å². The van der Waals surface area contributed by atoms with Crippen molar-refractivity contribution in [2.24, 2.45) is 5.41 Å². The third-order valence-corrected chi connectivity index (χ3v) is 3.49. The first-order chi connectivity index (χ1) is 7.71. The smallest absolute Gasteiger partial charge is 0.310 e. The van der Waals surface area contributed by atoms with Crippen LogP contribution in [0.4, 0.5) is 0 Å². The van der Waals surface area contributed by atoms with Crippen LogP contribution in [0, 0.1) is 5.41 Å². The van der Waals surface area contributed by atoms with Crippen LogP contribution in [0.1, 0.15) is 44.9 Å². The summed E-state index contributed by atoms with van der Waals surface area (Å²) in [6.07, 6.45) is 8.85. The van der Waals surface area contributed by atoms with E-state index in [1.807, 2.05) is 6.08 Å². The predicted molar refractivity (Wildman–Crippen MR) is 65.5 cm³/mol. The van der Waals surface area contributed by atoms with E-state index in [0.29, 0.717) is 6.54 Å². The van der Waals surface area contributed by atoms with Crippen LogP contribution in [0.2, 0.25) is 0 Å². The summed E-state index contributed by atoms with van der Waals surface area (Å²) in [5.41, 5.74) is -0.494. The molecule has 3 heteroatoms. The fraction of sp³-hybridized carbons (Fsp3) is 0.769. The van der Waals surface area contributed by atoms with Crippen molar-refractivity contribution in [2.75, 3.05) is 13.1 Å². The number of carboxylic acid groups (broad SMARTS) is 1. The molecule has 0 bridgehead atoms. The highest BCUT2D eigenvalue weighted by atomic mass is 16.4. The van der Waals surface area contributed by atoms with Gasteiger partial charge in [0.2, 0.25) is 0 Å². The number of carboxylic acids is 1. The largest absolute Gasteiger partial charge is 0.481 e. The SMILES string of the molecule is C=CCCCCCC1(C(=O)O)CCCNC1. The summed E-state index contributed by atoms with van der Waals surface area (Å²) in [5.74, 6) is -0.622. The molecule has 1 rings (SSSR count). The first kappa shape index (κ1) is 13.2. The normalized spacial score (nSPS) is 25.2. The molecule has 0 amide bonds. The lowest BCUT2D eigenvalue weighted by Gasteiger charge is -2.33. The predicted octanol–water partition coefficient (Wildman–Crippen LogP) is 2.58. The minimum absolute atomic E-state index is 0.494. The van der Waals surface area contributed by atoms with Crippen LogP contribution in [-0.4, -0.2) is 24.2 Å². The fourth-order valence-electron chi connectivity index (χ4n) is 2.40. The third kappa shape index (κ3) is 3.63. The highest BCUT2D eigenvalue weighted by molar-refractivity contribution is 5.75. The van der Waals surface area contributed by atoms with Gasteiger partial charge in [-0.15, -0.1) is 6.58 Å². The Balaban J connectivity index is 2.33. The summed E-state index contributed by atoms with van der Waals surface area (Å²) in [5, 5.41) is 12.5. The Labute approximate surface area is 97.9 Å². The molecule has 92 valence electrons. The van der Waals surface area contributed by atoms with E-state index in [4.69, 9.17) is 0 Å². The van der Waals surface area contributed by atoms with Crippen LogP contribution < -0.4 is 5.32 Å². The van der Waals surface area contributed by atoms with Gasteiger partial charge < -0.3 is 10.4 Å². The summed E-state index contributed by atoms with van der Waals surface area (Å²) in [7, 11) is 0. The van der Waals surface area contributed by atoms with Gasteiger partial charge in [-0.3, -0.25) is 4.79 Å². The molecule has 1 fully saturated rings. The number of hydrogen-bond donors (Lipinski definition) is 2. The molecule has 1 atom stereocenters. The van der Waals surface area contributed by atoms with E-state index in [-0.39, 0.29) is 0 Å². The molecule has 1 unspecified atom stereocenters. The first-order valence-corrected chi connectivity index (χ1v) is 6.26. The second-order valence-corrected chi connectivity index (χ2v) is 4.75. The third-order valence-electron chi connectivity index (χ3n) is 3.49. The molecule has 1 aliphatic rings. The minimum Gasteiger partial charge on any atom is -0.481 e. The Morgan fingerprint density at radius 3 is 2.81 bits per heavy atom. The quantitative estimate of drug-likeness (QED) is 0.517. The van der Waals surface area contributed by atoms with E-state index in [0.717, 1.165) is 51.5 Å². The van der Waals surface area contributed by atoms with Gasteiger partial charge in [-0.1, -0.05) is 18.9 Å². The average Bonchev–Trinajstić information content (AvgIpc) is 2.30. The summed E-state index contributed by atoms with van der Waals surface area (Å²) in [6.45, 7) is 5.29. The summed E-state index contributed by atoms with van der Waals surface area (Å²) in [4.78, 5) is 11.3. The van der Waals surface area contributed by atoms with Crippen molar-refractivity contribution >= 4 is 5.97 Å². The van der Waals surface area contributed by atoms with Crippen LogP contribution in [0.3, 0.4) is 0 Å². The summed E-state index contributed by atoms with van der Waals surface area (Å²) in [6, 6.07) is 0. The first-order valence-electron chi connectivity index (χ1n) is 6.26. The Kier molecular flexibility index (Phi) is 5.53. The maximum atomic E-state index is 11.3. The zero-order valence-electron chi connectivity index (χ0n) is 10.0. The van der Waals surface area contributed by atoms with E-state index < -0.39 is 11.4 Å². The second-order valence-electron chi connectivity index (χ2n) is 4.75. The average molecular weight is 225 g/mol. The Hall–Kier alpha value is -0.830. The van der Waals surface area contributed by atoms with E-state index in [9.17, 15) is 9.90 Å². The number of piperidine rings is 1. The van der Waals surface area contributed by atoms with E-state index in [2.05, 4.69) is 11.9 Å². The van der Waals surface area contributed by atoms with Gasteiger partial charge in [0.25, 0.3) is 0 Å². The molecule has 16 heavy (non-hydrogen) atoms. The van der Waals surface area contributed by atoms with Crippen LogP contribution in [0.25, 0.3) is 0 Å². The maximum absolute atomic E-state index is 11.3. The summed E-state index contributed by atoms with van der Waals surface area (Å²) < 4.78 is 0. The van der Waals surface area contributed by atoms with Gasteiger partial charge in [-0.05, 0) is 38.6 Å². The molecule has 1 saturated heterocycles. The van der Waals surface area contributed by atoms with Crippen molar-refractivity contribution in [3.8, 4) is 0 Å². The Bertz CT molecular complexity index is 232. The molecule has 0 aromatic rings. The van der Waals surface area contributed by atoms with Gasteiger partial charge in [0.05, 0.1) is 5.41 Å². The van der Waals surface area contributed by atoms with Crippen LogP contribution in [0.5, 0.6) is 0 Å². The van der Waals surface area contributed by atoms with Gasteiger partial charge in [-0.2, -0.15) is 0 Å². The molecule has 1 aliphatic heterocycles. The van der Waals surface area contributed by atoms with Crippen molar-refractivity contribution in [1.29, 1.82) is 0 Å². The van der Waals surface area contributed by atoms with Crippen molar-refractivity contribution in [3.63, 3.8) is 0 Å². The summed E-state index contributed by atoms with van der Waals surface area (Å²) >= 11 is 0. The van der Waals surface area contributed by atoms with Gasteiger partial charge in [-0.25, -0.2) is 0 Å². The van der Waals surface area contributed by atoms with Crippen LogP contribution in [0.15, 0.2) is 12.7 Å². The zero-order valence-corrected chi connectivity index (χ0v) is 10.0. The standard InChI is InChI=1S/C13H23NO2/c1-2-3-4-5-6-8-13(12(15)16)9-7-10-14-11-13/h2,14H,1,3-11H2,(H,15,16). The number of carbonyl (C=O) groups is 1. The molecule has 1 heterocycles. The van der Waals surface area contributed by atoms with Gasteiger partial charge >= 0.3 is 5.97 Å². The molecule has 0 radical (unpaired) electrons. The number of allylic oxidation sites excluding steroid dienone is 1. The lowest BCUT2D eigenvalue weighted by Crippen LogP contribution is -2.45. The molecule has 3 nitrogen and oxygen atoms in total. The number of hydrogen-bond acceptors (Lipinski definition) is 2. The van der Waals surface area contributed by atoms with Gasteiger partial charge in [0, 0.05) is 6.54 Å². The minimum atomic E-state index is -0.622. The fourth-order valence-corrected chi connectivity index (χ4v) is 2.40. The van der Waals surface area contributed by atoms with E-state index in [1.54, 1.807) is 0 Å². The maximum Gasteiger partial charge on any atom is 0.310 e. The molecule has 0 aromatic heterocycles. The van der Waals surface area contributed by atoms with E-state index >= 15 is 0 Å². The van der Waals surface area contributed by atoms with Gasteiger partial charge in [0.15, 0.2) is 0 Å². The highest BCUT2D eigenvalue weighted by Gasteiger charge is 2.38. The van der Waals surface area contributed by atoms with Crippen molar-refractivity contribution < 1.29 is 9.90 Å². The monoisotopic (exact) mass is 225 g/mol. The molecule has 2 N–H and O–H groups in total. The number of rotatable bonds is 7. The molecular weight excluding hydrogens is 202 g/mol. The molecule has 0 aliphatic carbocycles. The lowest BCUT2D eigenvalue weighted by molar-refractivity contribution is -0.150. The number of aliphatic carboxylic acids is 1. The van der Waals surface area contributed by atoms with Crippen molar-refractivity contribution in [3.05, 3.63) is 12.7 Å². The topological polar surface area (TPSA) is 49.3 Å². The lowest BCUT2D eigenvalue weighted by atomic mass is 9.76. The molecule has 0 saturated carbocycles.